The van der Waals surface area contributed by atoms with E-state index in [2.05, 4.69) is 34.6 Å². The van der Waals surface area contributed by atoms with Gasteiger partial charge in [0.2, 0.25) is 0 Å². The first-order valence-electron chi connectivity index (χ1n) is 6.64. The molecule has 0 aromatic heterocycles. The van der Waals surface area contributed by atoms with Crippen LogP contribution in [0.2, 0.25) is 0 Å². The van der Waals surface area contributed by atoms with E-state index in [1.54, 1.807) is 0 Å². The maximum atomic E-state index is 6.44. The van der Waals surface area contributed by atoms with Crippen molar-refractivity contribution in [2.24, 2.45) is 28.9 Å². The Morgan fingerprint density at radius 2 is 1.80 bits per heavy atom. The van der Waals surface area contributed by atoms with Crippen LogP contribution in [0.25, 0.3) is 0 Å². The molecule has 1 aliphatic carbocycles. The van der Waals surface area contributed by atoms with Gasteiger partial charge >= 0.3 is 0 Å². The second-order valence-electron chi connectivity index (χ2n) is 6.40. The molecule has 0 saturated heterocycles. The predicted octanol–water partition coefficient (Wildman–Crippen LogP) is 3.82. The van der Waals surface area contributed by atoms with Gasteiger partial charge in [-0.25, -0.2) is 0 Å². The van der Waals surface area contributed by atoms with Crippen LogP contribution in [0.1, 0.15) is 60.3 Å². The molecule has 4 unspecified atom stereocenters. The molecule has 1 fully saturated rings. The molecule has 1 saturated carbocycles. The second kappa shape index (κ2) is 4.86. The Bertz CT molecular complexity index is 198. The molecule has 0 aliphatic heterocycles. The molecule has 0 bridgehead atoms. The zero-order valence-corrected chi connectivity index (χ0v) is 11.2. The molecule has 15 heavy (non-hydrogen) atoms. The van der Waals surface area contributed by atoms with Crippen LogP contribution in [0.4, 0.5) is 0 Å². The highest BCUT2D eigenvalue weighted by Crippen LogP contribution is 2.39. The smallest absolute Gasteiger partial charge is 0.0119 e. The zero-order valence-electron chi connectivity index (χ0n) is 11.2. The molecule has 0 spiro atoms. The SMILES string of the molecule is CCC(C)(C)C(N)C1CCC(C)C(C)C1. The van der Waals surface area contributed by atoms with Crippen molar-refractivity contribution in [1.82, 2.24) is 0 Å². The Morgan fingerprint density at radius 1 is 1.20 bits per heavy atom. The van der Waals surface area contributed by atoms with E-state index in [1.807, 2.05) is 0 Å². The molecular weight excluding hydrogens is 182 g/mol. The van der Waals surface area contributed by atoms with Crippen molar-refractivity contribution in [2.75, 3.05) is 0 Å². The molecule has 1 nitrogen and oxygen atoms in total. The first-order valence-corrected chi connectivity index (χ1v) is 6.64. The molecule has 0 heterocycles. The van der Waals surface area contributed by atoms with Crippen LogP contribution < -0.4 is 5.73 Å². The van der Waals surface area contributed by atoms with Gasteiger partial charge in [-0.1, -0.05) is 41.0 Å². The molecule has 90 valence electrons. The van der Waals surface area contributed by atoms with Gasteiger partial charge in [-0.2, -0.15) is 0 Å². The van der Waals surface area contributed by atoms with Crippen LogP contribution in [0.15, 0.2) is 0 Å². The van der Waals surface area contributed by atoms with E-state index in [1.165, 1.54) is 25.7 Å². The third-order valence-corrected chi connectivity index (χ3v) is 4.96. The van der Waals surface area contributed by atoms with Crippen molar-refractivity contribution < 1.29 is 0 Å². The lowest BCUT2D eigenvalue weighted by molar-refractivity contribution is 0.123. The lowest BCUT2D eigenvalue weighted by Crippen LogP contribution is -2.45. The summed E-state index contributed by atoms with van der Waals surface area (Å²) in [6.07, 6.45) is 5.25. The summed E-state index contributed by atoms with van der Waals surface area (Å²) in [4.78, 5) is 0. The van der Waals surface area contributed by atoms with Crippen molar-refractivity contribution in [3.8, 4) is 0 Å². The van der Waals surface area contributed by atoms with Gasteiger partial charge in [0.05, 0.1) is 0 Å². The molecular formula is C14H29N. The standard InChI is InChI=1S/C14H29N/c1-6-14(4,5)13(15)12-8-7-10(2)11(3)9-12/h10-13H,6-9,15H2,1-5H3. The minimum absolute atomic E-state index is 0.310. The average molecular weight is 211 g/mol. The van der Waals surface area contributed by atoms with Gasteiger partial charge in [-0.05, 0) is 42.4 Å². The molecule has 0 radical (unpaired) electrons. The predicted molar refractivity (Wildman–Crippen MR) is 67.7 cm³/mol. The zero-order chi connectivity index (χ0) is 11.6. The molecule has 4 atom stereocenters. The number of rotatable bonds is 3. The number of hydrogen-bond donors (Lipinski definition) is 1. The van der Waals surface area contributed by atoms with Crippen LogP contribution in [0.5, 0.6) is 0 Å². The Balaban J connectivity index is 2.58. The minimum atomic E-state index is 0.310. The molecule has 0 aromatic rings. The fourth-order valence-electron chi connectivity index (χ4n) is 2.79. The van der Waals surface area contributed by atoms with E-state index in [-0.39, 0.29) is 0 Å². The fourth-order valence-corrected chi connectivity index (χ4v) is 2.79. The van der Waals surface area contributed by atoms with E-state index in [0.717, 1.165) is 17.8 Å². The monoisotopic (exact) mass is 211 g/mol. The van der Waals surface area contributed by atoms with Gasteiger partial charge in [0.25, 0.3) is 0 Å². The molecule has 0 aromatic carbocycles. The molecule has 0 amide bonds. The number of nitrogens with two attached hydrogens (primary N) is 1. The lowest BCUT2D eigenvalue weighted by atomic mass is 9.67. The lowest BCUT2D eigenvalue weighted by Gasteiger charge is -2.41. The third-order valence-electron chi connectivity index (χ3n) is 4.96. The maximum Gasteiger partial charge on any atom is 0.0119 e. The van der Waals surface area contributed by atoms with E-state index >= 15 is 0 Å². The van der Waals surface area contributed by atoms with Crippen molar-refractivity contribution in [2.45, 2.75) is 66.3 Å². The van der Waals surface area contributed by atoms with Crippen molar-refractivity contribution in [3.05, 3.63) is 0 Å². The quantitative estimate of drug-likeness (QED) is 0.754. The topological polar surface area (TPSA) is 26.0 Å². The van der Waals surface area contributed by atoms with Crippen LogP contribution in [0.3, 0.4) is 0 Å². The molecule has 2 N–H and O–H groups in total. The highest BCUT2D eigenvalue weighted by Gasteiger charge is 2.35. The van der Waals surface area contributed by atoms with Gasteiger partial charge in [0.1, 0.15) is 0 Å². The first-order chi connectivity index (χ1) is 6.88. The van der Waals surface area contributed by atoms with Crippen molar-refractivity contribution in [1.29, 1.82) is 0 Å². The van der Waals surface area contributed by atoms with Gasteiger partial charge in [-0.15, -0.1) is 0 Å². The molecule has 1 aliphatic rings. The summed E-state index contributed by atoms with van der Waals surface area (Å²) in [5.41, 5.74) is 6.75. The summed E-state index contributed by atoms with van der Waals surface area (Å²) in [5.74, 6) is 2.52. The fraction of sp³-hybridized carbons (Fsp3) is 1.00. The average Bonchev–Trinajstić information content (AvgIpc) is 2.21. The van der Waals surface area contributed by atoms with E-state index in [9.17, 15) is 0 Å². The summed E-state index contributed by atoms with van der Waals surface area (Å²) >= 11 is 0. The summed E-state index contributed by atoms with van der Waals surface area (Å²) in [7, 11) is 0. The summed E-state index contributed by atoms with van der Waals surface area (Å²) in [6, 6.07) is 0.387. The minimum Gasteiger partial charge on any atom is -0.327 e. The van der Waals surface area contributed by atoms with Gasteiger partial charge in [0.15, 0.2) is 0 Å². The highest BCUT2D eigenvalue weighted by molar-refractivity contribution is 4.89. The van der Waals surface area contributed by atoms with Crippen LogP contribution in [0, 0.1) is 23.2 Å². The van der Waals surface area contributed by atoms with Crippen LogP contribution >= 0.6 is 0 Å². The Kier molecular flexibility index (Phi) is 4.22. The summed E-state index contributed by atoms with van der Waals surface area (Å²) < 4.78 is 0. The maximum absolute atomic E-state index is 6.44. The Morgan fingerprint density at radius 3 is 2.27 bits per heavy atom. The summed E-state index contributed by atoms with van der Waals surface area (Å²) in [6.45, 7) is 11.7. The van der Waals surface area contributed by atoms with Gasteiger partial charge in [0, 0.05) is 6.04 Å². The first kappa shape index (κ1) is 13.0. The third kappa shape index (κ3) is 2.96. The molecule has 1 rings (SSSR count). The van der Waals surface area contributed by atoms with E-state index in [0.29, 0.717) is 11.5 Å². The Labute approximate surface area is 95.8 Å². The molecule has 1 heteroatoms. The van der Waals surface area contributed by atoms with Gasteiger partial charge < -0.3 is 5.73 Å². The number of hydrogen-bond acceptors (Lipinski definition) is 1. The second-order valence-corrected chi connectivity index (χ2v) is 6.40. The van der Waals surface area contributed by atoms with Gasteiger partial charge in [-0.3, -0.25) is 0 Å². The normalized spacial score (nSPS) is 35.2. The largest absolute Gasteiger partial charge is 0.327 e. The summed E-state index contributed by atoms with van der Waals surface area (Å²) in [5, 5.41) is 0. The van der Waals surface area contributed by atoms with E-state index in [4.69, 9.17) is 5.73 Å². The van der Waals surface area contributed by atoms with E-state index < -0.39 is 0 Å². The van der Waals surface area contributed by atoms with Crippen LogP contribution in [-0.2, 0) is 0 Å². The van der Waals surface area contributed by atoms with Crippen molar-refractivity contribution in [3.63, 3.8) is 0 Å². The highest BCUT2D eigenvalue weighted by atomic mass is 14.7. The Hall–Kier alpha value is -0.0400. The van der Waals surface area contributed by atoms with Crippen molar-refractivity contribution >= 4 is 0 Å². The van der Waals surface area contributed by atoms with Crippen LogP contribution in [-0.4, -0.2) is 6.04 Å².